The van der Waals surface area contributed by atoms with Gasteiger partial charge in [-0.05, 0) is 76.4 Å². The summed E-state index contributed by atoms with van der Waals surface area (Å²) in [7, 11) is 0. The van der Waals surface area contributed by atoms with Crippen LogP contribution in [0.3, 0.4) is 0 Å². The Bertz CT molecular complexity index is 931. The highest BCUT2D eigenvalue weighted by atomic mass is 16.6. The summed E-state index contributed by atoms with van der Waals surface area (Å²) in [5.74, 6) is -0.665. The number of hydrogen-bond donors (Lipinski definition) is 2. The predicted octanol–water partition coefficient (Wildman–Crippen LogP) is 3.72. The minimum Gasteiger partial charge on any atom is -0.459 e. The summed E-state index contributed by atoms with van der Waals surface area (Å²) in [6.07, 6.45) is 2.62. The maximum Gasteiger partial charge on any atom is 0.414 e. The number of nitrogens with zero attached hydrogens (tertiary/aromatic N) is 1. The van der Waals surface area contributed by atoms with Crippen LogP contribution in [0.4, 0.5) is 16.2 Å². The van der Waals surface area contributed by atoms with Gasteiger partial charge in [-0.2, -0.15) is 0 Å². The maximum atomic E-state index is 12.5. The number of fused-ring (bicyclic) bond motifs is 1. The van der Waals surface area contributed by atoms with Crippen molar-refractivity contribution in [3.05, 3.63) is 47.9 Å². The van der Waals surface area contributed by atoms with Gasteiger partial charge in [0.2, 0.25) is 5.91 Å². The molecule has 0 saturated carbocycles. The van der Waals surface area contributed by atoms with E-state index in [4.69, 9.17) is 9.15 Å². The fourth-order valence-electron chi connectivity index (χ4n) is 3.17. The third-order valence-corrected chi connectivity index (χ3v) is 4.57. The van der Waals surface area contributed by atoms with E-state index in [2.05, 4.69) is 10.6 Å². The van der Waals surface area contributed by atoms with E-state index in [1.54, 1.807) is 30.0 Å². The van der Waals surface area contributed by atoms with Gasteiger partial charge in [-0.25, -0.2) is 4.79 Å². The van der Waals surface area contributed by atoms with Crippen LogP contribution in [0.2, 0.25) is 0 Å². The van der Waals surface area contributed by atoms with E-state index in [1.165, 1.54) is 12.3 Å². The third-order valence-electron chi connectivity index (χ3n) is 4.57. The zero-order valence-corrected chi connectivity index (χ0v) is 17.7. The molecule has 0 saturated heterocycles. The maximum absolute atomic E-state index is 12.5. The number of amides is 3. The van der Waals surface area contributed by atoms with Crippen LogP contribution in [-0.2, 0) is 16.0 Å². The van der Waals surface area contributed by atoms with Crippen molar-refractivity contribution in [1.82, 2.24) is 5.32 Å². The molecule has 3 amide bonds. The summed E-state index contributed by atoms with van der Waals surface area (Å²) >= 11 is 0. The summed E-state index contributed by atoms with van der Waals surface area (Å²) in [4.78, 5) is 38.6. The normalized spacial score (nSPS) is 14.5. The molecule has 30 heavy (non-hydrogen) atoms. The largest absolute Gasteiger partial charge is 0.459 e. The molecule has 2 N–H and O–H groups in total. The summed E-state index contributed by atoms with van der Waals surface area (Å²) in [5, 5.41) is 5.40. The number of nitrogens with one attached hydrogen (secondary N) is 2. The van der Waals surface area contributed by atoms with Gasteiger partial charge in [0.1, 0.15) is 11.6 Å². The zero-order chi connectivity index (χ0) is 21.9. The molecule has 1 aliphatic rings. The molecule has 1 aromatic heterocycles. The molecule has 2 aromatic rings. The Morgan fingerprint density at radius 2 is 1.97 bits per heavy atom. The van der Waals surface area contributed by atoms with Crippen molar-refractivity contribution in [3.8, 4) is 0 Å². The van der Waals surface area contributed by atoms with Gasteiger partial charge in [0, 0.05) is 12.2 Å². The molecule has 1 unspecified atom stereocenters. The minimum atomic E-state index is -0.753. The highest BCUT2D eigenvalue weighted by Gasteiger charge is 2.27. The monoisotopic (exact) mass is 413 g/mol. The van der Waals surface area contributed by atoms with Gasteiger partial charge < -0.3 is 19.8 Å². The first-order valence-corrected chi connectivity index (χ1v) is 9.93. The second-order valence-corrected chi connectivity index (χ2v) is 8.24. The predicted molar refractivity (Wildman–Crippen MR) is 113 cm³/mol. The SMILES string of the molecule is CC(NC(=O)c1ccco1)C(=O)Nc1ccc2c(c1)CCCN2C(=O)OC(C)(C)C. The molecule has 1 atom stereocenters. The average molecular weight is 413 g/mol. The summed E-state index contributed by atoms with van der Waals surface area (Å²) in [6, 6.07) is 7.77. The van der Waals surface area contributed by atoms with Crippen molar-refractivity contribution in [1.29, 1.82) is 0 Å². The standard InChI is InChI=1S/C22H27N3O5/c1-14(23-20(27)18-8-6-12-29-18)19(26)24-16-9-10-17-15(13-16)7-5-11-25(17)21(28)30-22(2,3)4/h6,8-10,12-14H,5,7,11H2,1-4H3,(H,23,27)(H,24,26). The lowest BCUT2D eigenvalue weighted by Crippen LogP contribution is -2.41. The molecule has 0 fully saturated rings. The molecule has 0 radical (unpaired) electrons. The van der Waals surface area contributed by atoms with Gasteiger partial charge in [0.25, 0.3) is 5.91 Å². The molecule has 8 heteroatoms. The van der Waals surface area contributed by atoms with Gasteiger partial charge >= 0.3 is 6.09 Å². The fourth-order valence-corrected chi connectivity index (χ4v) is 3.17. The Morgan fingerprint density at radius 3 is 2.63 bits per heavy atom. The van der Waals surface area contributed by atoms with E-state index in [9.17, 15) is 14.4 Å². The lowest BCUT2D eigenvalue weighted by molar-refractivity contribution is -0.117. The van der Waals surface area contributed by atoms with Gasteiger partial charge in [-0.15, -0.1) is 0 Å². The van der Waals surface area contributed by atoms with Crippen LogP contribution in [0, 0.1) is 0 Å². The molecule has 2 heterocycles. The second-order valence-electron chi connectivity index (χ2n) is 8.24. The van der Waals surface area contributed by atoms with E-state index < -0.39 is 17.6 Å². The van der Waals surface area contributed by atoms with E-state index in [1.807, 2.05) is 26.8 Å². The van der Waals surface area contributed by atoms with Crippen LogP contribution < -0.4 is 15.5 Å². The van der Waals surface area contributed by atoms with Crippen molar-refractivity contribution in [2.45, 2.75) is 52.2 Å². The van der Waals surface area contributed by atoms with Crippen molar-refractivity contribution < 1.29 is 23.5 Å². The lowest BCUT2D eigenvalue weighted by atomic mass is 10.0. The van der Waals surface area contributed by atoms with Crippen molar-refractivity contribution in [3.63, 3.8) is 0 Å². The van der Waals surface area contributed by atoms with Gasteiger partial charge in [0.15, 0.2) is 5.76 Å². The zero-order valence-electron chi connectivity index (χ0n) is 17.7. The van der Waals surface area contributed by atoms with E-state index in [0.29, 0.717) is 12.2 Å². The average Bonchev–Trinajstić information content (AvgIpc) is 3.20. The summed E-state index contributed by atoms with van der Waals surface area (Å²) in [5.41, 5.74) is 1.77. The van der Waals surface area contributed by atoms with Crippen molar-refractivity contribution in [2.24, 2.45) is 0 Å². The first-order chi connectivity index (χ1) is 14.1. The highest BCUT2D eigenvalue weighted by Crippen LogP contribution is 2.31. The van der Waals surface area contributed by atoms with Gasteiger partial charge in [-0.1, -0.05) is 0 Å². The molecule has 3 rings (SSSR count). The Hall–Kier alpha value is -3.29. The van der Waals surface area contributed by atoms with Gasteiger partial charge in [-0.3, -0.25) is 14.5 Å². The van der Waals surface area contributed by atoms with Crippen molar-refractivity contribution >= 4 is 29.3 Å². The molecule has 0 spiro atoms. The molecule has 0 bridgehead atoms. The van der Waals surface area contributed by atoms with Crippen LogP contribution in [-0.4, -0.2) is 36.1 Å². The molecule has 1 aliphatic heterocycles. The third kappa shape index (κ3) is 5.20. The van der Waals surface area contributed by atoms with Crippen molar-refractivity contribution in [2.75, 3.05) is 16.8 Å². The highest BCUT2D eigenvalue weighted by molar-refractivity contribution is 6.00. The number of carbonyl (C=O) groups excluding carboxylic acids is 3. The Balaban J connectivity index is 1.66. The summed E-state index contributed by atoms with van der Waals surface area (Å²) in [6.45, 7) is 7.68. The number of anilines is 2. The Morgan fingerprint density at radius 1 is 1.20 bits per heavy atom. The van der Waals surface area contributed by atoms with E-state index in [0.717, 1.165) is 24.1 Å². The fraction of sp³-hybridized carbons (Fsp3) is 0.409. The minimum absolute atomic E-state index is 0.144. The van der Waals surface area contributed by atoms with Crippen LogP contribution in [0.25, 0.3) is 0 Å². The molecular weight excluding hydrogens is 386 g/mol. The Labute approximate surface area is 175 Å². The van der Waals surface area contributed by atoms with E-state index >= 15 is 0 Å². The topological polar surface area (TPSA) is 101 Å². The molecule has 0 aliphatic carbocycles. The Kier molecular flexibility index (Phi) is 6.14. The lowest BCUT2D eigenvalue weighted by Gasteiger charge is -2.32. The number of ether oxygens (including phenoxy) is 1. The molecule has 8 nitrogen and oxygen atoms in total. The van der Waals surface area contributed by atoms with Gasteiger partial charge in [0.05, 0.1) is 12.0 Å². The van der Waals surface area contributed by atoms with Crippen LogP contribution in [0.1, 0.15) is 50.2 Å². The quantitative estimate of drug-likeness (QED) is 0.795. The van der Waals surface area contributed by atoms with Crippen LogP contribution in [0.15, 0.2) is 41.0 Å². The number of rotatable bonds is 4. The van der Waals surface area contributed by atoms with Crippen LogP contribution >= 0.6 is 0 Å². The molecule has 1 aromatic carbocycles. The number of benzene rings is 1. The number of carbonyl (C=O) groups is 3. The first-order valence-electron chi connectivity index (χ1n) is 9.93. The number of furan rings is 1. The molecule has 160 valence electrons. The number of aryl methyl sites for hydroxylation is 1. The summed E-state index contributed by atoms with van der Waals surface area (Å²) < 4.78 is 10.5. The van der Waals surface area contributed by atoms with E-state index in [-0.39, 0.29) is 17.8 Å². The second kappa shape index (κ2) is 8.61. The molecular formula is C22H27N3O5. The first kappa shape index (κ1) is 21.4. The number of hydrogen-bond acceptors (Lipinski definition) is 5. The van der Waals surface area contributed by atoms with Crippen LogP contribution in [0.5, 0.6) is 0 Å². The smallest absolute Gasteiger partial charge is 0.414 e.